The van der Waals surface area contributed by atoms with Crippen LogP contribution in [0.3, 0.4) is 0 Å². The standard InChI is InChI=1S/C19H22N8O/c1-12-8-15(23-22-12)17-10-20-19-14(16-4-5-21-25(16)3)9-18(24-27(17)19)26-6-7-28-11-13(26)2/h4-5,8-10,13H,6-7,11H2,1-3H3,(H,22,23)/t13-/m1/s1. The van der Waals surface area contributed by atoms with E-state index in [2.05, 4.69) is 38.2 Å². The van der Waals surface area contributed by atoms with Gasteiger partial charge >= 0.3 is 0 Å². The van der Waals surface area contributed by atoms with Crippen molar-refractivity contribution in [1.29, 1.82) is 0 Å². The van der Waals surface area contributed by atoms with Crippen LogP contribution in [-0.2, 0) is 11.8 Å². The molecule has 28 heavy (non-hydrogen) atoms. The van der Waals surface area contributed by atoms with Gasteiger partial charge in [-0.1, -0.05) is 0 Å². The van der Waals surface area contributed by atoms with E-state index in [4.69, 9.17) is 9.84 Å². The first-order valence-electron chi connectivity index (χ1n) is 9.36. The summed E-state index contributed by atoms with van der Waals surface area (Å²) in [4.78, 5) is 6.96. The molecule has 0 spiro atoms. The van der Waals surface area contributed by atoms with Gasteiger partial charge in [0.05, 0.1) is 42.5 Å². The van der Waals surface area contributed by atoms with Gasteiger partial charge in [-0.05, 0) is 32.0 Å². The molecule has 4 aromatic heterocycles. The van der Waals surface area contributed by atoms with Gasteiger partial charge in [0.15, 0.2) is 11.5 Å². The summed E-state index contributed by atoms with van der Waals surface area (Å²) in [6, 6.07) is 6.35. The molecule has 1 aliphatic heterocycles. The van der Waals surface area contributed by atoms with Crippen LogP contribution < -0.4 is 4.90 Å². The molecule has 9 nitrogen and oxygen atoms in total. The normalized spacial score (nSPS) is 17.5. The van der Waals surface area contributed by atoms with Crippen LogP contribution in [0.2, 0.25) is 0 Å². The predicted molar refractivity (Wildman–Crippen MR) is 105 cm³/mol. The third-order valence-electron chi connectivity index (χ3n) is 5.20. The molecule has 1 fully saturated rings. The second-order valence-corrected chi connectivity index (χ2v) is 7.18. The SMILES string of the molecule is Cc1cc(-c2cnc3c(-c4ccnn4C)cc(N4CCOC[C@H]4C)nn23)[nH]n1. The lowest BCUT2D eigenvalue weighted by molar-refractivity contribution is 0.0984. The molecule has 5 rings (SSSR count). The Morgan fingerprint density at radius 2 is 2.14 bits per heavy atom. The second kappa shape index (κ2) is 6.45. The summed E-state index contributed by atoms with van der Waals surface area (Å²) in [5.41, 5.74) is 5.46. The minimum Gasteiger partial charge on any atom is -0.377 e. The molecule has 0 bridgehead atoms. The molecule has 0 aromatic carbocycles. The lowest BCUT2D eigenvalue weighted by Crippen LogP contribution is -2.44. The Hall–Kier alpha value is -3.20. The molecule has 0 unspecified atom stereocenters. The molecule has 1 N–H and O–H groups in total. The van der Waals surface area contributed by atoms with Crippen LogP contribution in [0.1, 0.15) is 12.6 Å². The van der Waals surface area contributed by atoms with Crippen LogP contribution in [0.15, 0.2) is 30.6 Å². The van der Waals surface area contributed by atoms with Crippen molar-refractivity contribution in [2.45, 2.75) is 19.9 Å². The summed E-state index contributed by atoms with van der Waals surface area (Å²) < 4.78 is 9.36. The van der Waals surface area contributed by atoms with E-state index in [1.807, 2.05) is 41.5 Å². The average Bonchev–Trinajstić information content (AvgIpc) is 3.41. The number of aromatic nitrogens is 7. The van der Waals surface area contributed by atoms with Crippen LogP contribution in [0.25, 0.3) is 28.3 Å². The van der Waals surface area contributed by atoms with Gasteiger partial charge in [-0.2, -0.15) is 10.2 Å². The Kier molecular flexibility index (Phi) is 3.90. The van der Waals surface area contributed by atoms with Crippen LogP contribution in [0, 0.1) is 6.92 Å². The van der Waals surface area contributed by atoms with Crippen molar-refractivity contribution in [3.8, 4) is 22.6 Å². The average molecular weight is 378 g/mol. The van der Waals surface area contributed by atoms with Crippen molar-refractivity contribution in [2.75, 3.05) is 24.7 Å². The van der Waals surface area contributed by atoms with E-state index in [-0.39, 0.29) is 6.04 Å². The minimum absolute atomic E-state index is 0.249. The lowest BCUT2D eigenvalue weighted by atomic mass is 10.2. The highest BCUT2D eigenvalue weighted by Crippen LogP contribution is 2.31. The number of rotatable bonds is 3. The summed E-state index contributed by atoms with van der Waals surface area (Å²) in [6.07, 6.45) is 3.63. The Bertz CT molecular complexity index is 1140. The summed E-state index contributed by atoms with van der Waals surface area (Å²) in [6.45, 7) is 6.30. The number of H-pyrrole nitrogens is 1. The van der Waals surface area contributed by atoms with Gasteiger partial charge < -0.3 is 9.64 Å². The van der Waals surface area contributed by atoms with Crippen LogP contribution in [0.5, 0.6) is 0 Å². The molecule has 0 aliphatic carbocycles. The van der Waals surface area contributed by atoms with Gasteiger partial charge in [0, 0.05) is 25.4 Å². The first-order chi connectivity index (χ1) is 13.6. The van der Waals surface area contributed by atoms with Gasteiger partial charge in [-0.25, -0.2) is 9.50 Å². The van der Waals surface area contributed by atoms with Crippen LogP contribution >= 0.6 is 0 Å². The van der Waals surface area contributed by atoms with Gasteiger partial charge in [0.2, 0.25) is 0 Å². The van der Waals surface area contributed by atoms with Crippen molar-refractivity contribution >= 4 is 11.5 Å². The molecule has 4 aromatic rings. The zero-order valence-corrected chi connectivity index (χ0v) is 16.1. The minimum atomic E-state index is 0.249. The highest BCUT2D eigenvalue weighted by atomic mass is 16.5. The monoisotopic (exact) mass is 378 g/mol. The fourth-order valence-corrected chi connectivity index (χ4v) is 3.73. The zero-order chi connectivity index (χ0) is 19.3. The molecule has 0 saturated carbocycles. The Labute approximate surface area is 161 Å². The Morgan fingerprint density at radius 1 is 1.25 bits per heavy atom. The molecular weight excluding hydrogens is 356 g/mol. The van der Waals surface area contributed by atoms with Crippen molar-refractivity contribution in [3.63, 3.8) is 0 Å². The summed E-state index contributed by atoms with van der Waals surface area (Å²) >= 11 is 0. The number of ether oxygens (including phenoxy) is 1. The number of morpholine rings is 1. The van der Waals surface area contributed by atoms with Gasteiger partial charge in [-0.15, -0.1) is 5.10 Å². The quantitative estimate of drug-likeness (QED) is 0.587. The number of aryl methyl sites for hydroxylation is 2. The number of imidazole rings is 1. The molecule has 9 heteroatoms. The van der Waals surface area contributed by atoms with Crippen LogP contribution in [-0.4, -0.2) is 60.4 Å². The summed E-state index contributed by atoms with van der Waals surface area (Å²) in [5.74, 6) is 0.898. The molecule has 0 amide bonds. The van der Waals surface area contributed by atoms with Gasteiger partial charge in [-0.3, -0.25) is 9.78 Å². The van der Waals surface area contributed by atoms with E-state index in [0.717, 1.165) is 46.3 Å². The molecule has 0 radical (unpaired) electrons. The fraction of sp³-hybridized carbons (Fsp3) is 0.368. The maximum Gasteiger partial charge on any atom is 0.163 e. The lowest BCUT2D eigenvalue weighted by Gasteiger charge is -2.34. The van der Waals surface area contributed by atoms with Crippen LogP contribution in [0.4, 0.5) is 5.82 Å². The fourth-order valence-electron chi connectivity index (χ4n) is 3.73. The first kappa shape index (κ1) is 16.9. The van der Waals surface area contributed by atoms with Crippen molar-refractivity contribution < 1.29 is 4.74 Å². The number of hydrogen-bond acceptors (Lipinski definition) is 6. The van der Waals surface area contributed by atoms with E-state index >= 15 is 0 Å². The van der Waals surface area contributed by atoms with E-state index in [1.165, 1.54) is 0 Å². The van der Waals surface area contributed by atoms with E-state index < -0.39 is 0 Å². The third kappa shape index (κ3) is 2.66. The number of nitrogens with one attached hydrogen (secondary N) is 1. The molecule has 1 atom stereocenters. The number of hydrogen-bond donors (Lipinski definition) is 1. The number of nitrogens with zero attached hydrogens (tertiary/aromatic N) is 7. The topological polar surface area (TPSA) is 89.2 Å². The smallest absolute Gasteiger partial charge is 0.163 e. The summed E-state index contributed by atoms with van der Waals surface area (Å²) in [7, 11) is 1.94. The number of fused-ring (bicyclic) bond motifs is 1. The maximum absolute atomic E-state index is 5.61. The van der Waals surface area contributed by atoms with Gasteiger partial charge in [0.1, 0.15) is 5.69 Å². The van der Waals surface area contributed by atoms with Gasteiger partial charge in [0.25, 0.3) is 0 Å². The maximum atomic E-state index is 5.61. The molecule has 1 aliphatic rings. The predicted octanol–water partition coefficient (Wildman–Crippen LogP) is 2.05. The molecule has 144 valence electrons. The zero-order valence-electron chi connectivity index (χ0n) is 16.1. The van der Waals surface area contributed by atoms with Crippen molar-refractivity contribution in [3.05, 3.63) is 36.3 Å². The highest BCUT2D eigenvalue weighted by Gasteiger charge is 2.24. The molecule has 1 saturated heterocycles. The summed E-state index contributed by atoms with van der Waals surface area (Å²) in [5, 5.41) is 16.6. The van der Waals surface area contributed by atoms with Crippen molar-refractivity contribution in [1.82, 2.24) is 34.6 Å². The highest BCUT2D eigenvalue weighted by molar-refractivity contribution is 5.79. The van der Waals surface area contributed by atoms with Crippen molar-refractivity contribution in [2.24, 2.45) is 7.05 Å². The van der Waals surface area contributed by atoms with E-state index in [0.29, 0.717) is 13.2 Å². The number of aromatic amines is 1. The number of anilines is 1. The Morgan fingerprint density at radius 3 is 2.86 bits per heavy atom. The molecule has 5 heterocycles. The van der Waals surface area contributed by atoms with E-state index in [9.17, 15) is 0 Å². The van der Waals surface area contributed by atoms with E-state index in [1.54, 1.807) is 6.20 Å². The third-order valence-corrected chi connectivity index (χ3v) is 5.20. The first-order valence-corrected chi connectivity index (χ1v) is 9.36. The second-order valence-electron chi connectivity index (χ2n) is 7.18. The Balaban J connectivity index is 1.75. The largest absolute Gasteiger partial charge is 0.377 e. The molecular formula is C19H22N8O.